The van der Waals surface area contributed by atoms with Crippen molar-refractivity contribution in [2.75, 3.05) is 0 Å². The van der Waals surface area contributed by atoms with Crippen molar-refractivity contribution in [2.45, 2.75) is 187 Å². The van der Waals surface area contributed by atoms with E-state index in [1.54, 1.807) is 103 Å². The number of primary amides is 1. The van der Waals surface area contributed by atoms with Crippen LogP contribution in [0.25, 0.3) is 0 Å². The summed E-state index contributed by atoms with van der Waals surface area (Å²) in [6.07, 6.45) is 2.30. The Morgan fingerprint density at radius 2 is 0.962 bits per heavy atom. The maximum atomic E-state index is 11.1. The number of hydroxylamine groups is 1. The zero-order chi connectivity index (χ0) is 64.5. The molecule has 0 spiro atoms. The number of ketones is 4. The summed E-state index contributed by atoms with van der Waals surface area (Å²) >= 11 is 3.33. The van der Waals surface area contributed by atoms with Gasteiger partial charge in [0.15, 0.2) is 0 Å². The summed E-state index contributed by atoms with van der Waals surface area (Å²) < 4.78 is 0. The molecule has 456 valence electrons. The SMILES string of the molecule is CC(C)(C)C(=O)CC(=O)NN.CC(C)(C)C(=O)CC(=O)O.CC(C)(C)C(=O)CC(N)=O.CC(C)(C)NC(=O)NN.CC(C)/C=C/C(=O)NN.CC(C)C(=O)CC(=O)NO.CC(C)C(Br)C(C)C(=O)O.CC(C)NC(=O)C(=O)O. The predicted molar refractivity (Wildman–Crippen MR) is 298 cm³/mol. The lowest BCUT2D eigenvalue weighted by molar-refractivity contribution is -0.150. The van der Waals surface area contributed by atoms with Crippen LogP contribution in [0.2, 0.25) is 0 Å². The number of alkyl halides is 1. The number of aliphatic carboxylic acids is 3. The average molecular weight is 1190 g/mol. The largest absolute Gasteiger partial charge is 0.481 e. The Kier molecular flexibility index (Phi) is 51.9. The van der Waals surface area contributed by atoms with Crippen LogP contribution in [-0.2, 0) is 57.5 Å². The Hall–Kier alpha value is -6.23. The number of carboxylic acids is 3. The minimum Gasteiger partial charge on any atom is -0.481 e. The Balaban J connectivity index is -0.000000120. The predicted octanol–water partition coefficient (Wildman–Crippen LogP) is 3.51. The fourth-order valence-corrected chi connectivity index (χ4v) is 3.66. The number of halogens is 1. The molecule has 0 aromatic carbocycles. The van der Waals surface area contributed by atoms with E-state index in [4.69, 9.17) is 43.8 Å². The smallest absolute Gasteiger partial charge is 0.394 e. The van der Waals surface area contributed by atoms with Gasteiger partial charge in [-0.2, -0.15) is 0 Å². The molecule has 0 saturated carbocycles. The third kappa shape index (κ3) is 67.8. The van der Waals surface area contributed by atoms with Crippen LogP contribution < -0.4 is 55.7 Å². The summed E-state index contributed by atoms with van der Waals surface area (Å²) in [5.41, 5.74) is 10.4. The minimum absolute atomic E-state index is 0.0741. The number of hydrogen-bond acceptors (Lipinski definition) is 17. The molecule has 0 aliphatic rings. The maximum Gasteiger partial charge on any atom is 0.394 e. The number of carboxylic acid groups (broad SMARTS) is 3. The maximum absolute atomic E-state index is 11.1. The Morgan fingerprint density at radius 3 is 1.14 bits per heavy atom. The van der Waals surface area contributed by atoms with Gasteiger partial charge in [-0.25, -0.2) is 32.6 Å². The number of urea groups is 1. The molecule has 28 heteroatoms. The second kappa shape index (κ2) is 45.8. The second-order valence-electron chi connectivity index (χ2n) is 22.0. The summed E-state index contributed by atoms with van der Waals surface area (Å²) in [7, 11) is 0. The fourth-order valence-electron chi connectivity index (χ4n) is 3.43. The molecule has 78 heavy (non-hydrogen) atoms. The number of carbonyl (C=O) groups is 13. The molecule has 0 fully saturated rings. The van der Waals surface area contributed by atoms with Crippen LogP contribution in [0.15, 0.2) is 12.2 Å². The van der Waals surface area contributed by atoms with Crippen molar-refractivity contribution in [2.24, 2.45) is 63.2 Å². The van der Waals surface area contributed by atoms with Crippen LogP contribution in [0.3, 0.4) is 0 Å². The van der Waals surface area contributed by atoms with Gasteiger partial charge in [0.1, 0.15) is 29.6 Å². The molecule has 0 radical (unpaired) electrons. The molecule has 0 saturated heterocycles. The van der Waals surface area contributed by atoms with E-state index in [1.807, 2.05) is 64.7 Å². The van der Waals surface area contributed by atoms with Gasteiger partial charge in [-0.1, -0.05) is 133 Å². The molecule has 0 aromatic heterocycles. The van der Waals surface area contributed by atoms with Crippen molar-refractivity contribution in [3.8, 4) is 0 Å². The monoisotopic (exact) mass is 1190 g/mol. The van der Waals surface area contributed by atoms with Gasteiger partial charge in [-0.15, -0.1) is 0 Å². The van der Waals surface area contributed by atoms with Crippen LogP contribution in [0, 0.1) is 39.9 Å². The fraction of sp³-hybridized carbons (Fsp3) is 0.700. The first kappa shape index (κ1) is 88.4. The first-order valence-corrected chi connectivity index (χ1v) is 25.1. The van der Waals surface area contributed by atoms with Crippen LogP contribution in [0.4, 0.5) is 4.79 Å². The summed E-state index contributed by atoms with van der Waals surface area (Å²) in [4.78, 5) is 136. The van der Waals surface area contributed by atoms with Gasteiger partial charge in [0.05, 0.1) is 25.2 Å². The van der Waals surface area contributed by atoms with Crippen molar-refractivity contribution in [1.29, 1.82) is 0 Å². The zero-order valence-corrected chi connectivity index (χ0v) is 51.3. The van der Waals surface area contributed by atoms with Gasteiger partial charge < -0.3 is 31.7 Å². The molecule has 18 N–H and O–H groups in total. The lowest BCUT2D eigenvalue weighted by Gasteiger charge is -2.19. The molecule has 0 heterocycles. The lowest BCUT2D eigenvalue weighted by Crippen LogP contribution is -2.48. The zero-order valence-electron chi connectivity index (χ0n) is 49.7. The summed E-state index contributed by atoms with van der Waals surface area (Å²) in [5.74, 6) is 8.00. The Morgan fingerprint density at radius 1 is 0.564 bits per heavy atom. The number of hydrazine groups is 3. The highest BCUT2D eigenvalue weighted by atomic mass is 79.9. The molecule has 0 aromatic rings. The average Bonchev–Trinajstić information content (AvgIpc) is 3.26. The molecule has 0 aliphatic carbocycles. The van der Waals surface area contributed by atoms with Crippen LogP contribution in [0.1, 0.15) is 171 Å². The van der Waals surface area contributed by atoms with E-state index in [0.29, 0.717) is 11.8 Å². The normalized spacial score (nSPS) is 11.3. The summed E-state index contributed by atoms with van der Waals surface area (Å²) in [6, 6.07) is -0.476. The van der Waals surface area contributed by atoms with E-state index >= 15 is 0 Å². The van der Waals surface area contributed by atoms with Crippen molar-refractivity contribution in [1.82, 2.24) is 32.4 Å². The van der Waals surface area contributed by atoms with Crippen molar-refractivity contribution < 1.29 is 82.9 Å². The minimum atomic E-state index is -1.44. The van der Waals surface area contributed by atoms with Gasteiger partial charge >= 0.3 is 29.8 Å². The van der Waals surface area contributed by atoms with Crippen LogP contribution >= 0.6 is 15.9 Å². The Bertz CT molecular complexity index is 1880. The number of hydrogen-bond donors (Lipinski definition) is 14. The van der Waals surface area contributed by atoms with Crippen molar-refractivity contribution in [3.63, 3.8) is 0 Å². The van der Waals surface area contributed by atoms with Gasteiger partial charge in [0.25, 0.3) is 11.8 Å². The van der Waals surface area contributed by atoms with Crippen molar-refractivity contribution in [3.05, 3.63) is 12.2 Å². The molecule has 0 bridgehead atoms. The van der Waals surface area contributed by atoms with E-state index in [9.17, 15) is 62.3 Å². The first-order chi connectivity index (χ1) is 34.7. The topological polar surface area (TPSA) is 479 Å². The summed E-state index contributed by atoms with van der Waals surface area (Å²) in [5, 5.41) is 37.6. The molecule has 0 aliphatic heterocycles. The number of nitrogens with one attached hydrogen (secondary N) is 6. The van der Waals surface area contributed by atoms with Crippen LogP contribution in [0.5, 0.6) is 0 Å². The lowest BCUT2D eigenvalue weighted by atomic mass is 9.89. The number of Topliss-reactive ketones (excluding diaryl/α,β-unsaturated/α-hetero) is 4. The van der Waals surface area contributed by atoms with E-state index in [2.05, 4.69) is 26.6 Å². The van der Waals surface area contributed by atoms with E-state index in [1.165, 1.54) is 11.6 Å². The highest BCUT2D eigenvalue weighted by molar-refractivity contribution is 9.09. The molecule has 0 rings (SSSR count). The molecule has 27 nitrogen and oxygen atoms in total. The molecule has 2 atom stereocenters. The molecular formula is C50H97BrN10O17. The number of allylic oxidation sites excluding steroid dienone is 1. The van der Waals surface area contributed by atoms with Gasteiger partial charge in [0, 0.05) is 44.6 Å². The quantitative estimate of drug-likeness (QED) is 0.0163. The van der Waals surface area contributed by atoms with Gasteiger partial charge in [-0.3, -0.25) is 74.2 Å². The number of rotatable bonds is 15. The number of amides is 7. The summed E-state index contributed by atoms with van der Waals surface area (Å²) in [6.45, 7) is 37.8. The van der Waals surface area contributed by atoms with Crippen LogP contribution in [-0.4, -0.2) is 114 Å². The highest BCUT2D eigenvalue weighted by Gasteiger charge is 2.25. The third-order valence-corrected chi connectivity index (χ3v) is 10.1. The van der Waals surface area contributed by atoms with Crippen molar-refractivity contribution >= 4 is 92.5 Å². The Labute approximate surface area is 469 Å². The van der Waals surface area contributed by atoms with E-state index < -0.39 is 57.8 Å². The molecule has 7 amide bonds. The number of nitrogens with two attached hydrogens (primary N) is 4. The standard InChI is InChI=1S/C7H13BrO2.C7H14N2O2.C7H13NO2.C7H12O3.C6H12N2O.C6H11NO3.C5H13N3O.C5H9NO3/c1-4(2)6(8)5(3)7(9)10;1-7(2,3)5(10)4-6(11)9-8;1-7(2,3)5(9)4-6(8)10;1-7(2,3)5(8)4-6(9)10;1-5(2)3-4-6(9)8-7;1-4(2)5(8)3-6(9)7-10;1-5(2,3)7-4(9)8-6;1-3(2)6-4(7)5(8)9/h4-6H,1-3H3,(H,9,10);4,8H2,1-3H3,(H,9,11);4H2,1-3H3,(H2,8,10);4H2,1-3H3,(H,9,10);3-5H,7H2,1-2H3,(H,8,9);4,10H,3H2,1-2H3,(H,7,9);6H2,1-3H3,(H2,7,8,9);3H,1-2H3,(H,6,7)(H,8,9)/b;;;;4-3+;;;. The van der Waals surface area contributed by atoms with Gasteiger partial charge in [-0.05, 0) is 46.5 Å². The third-order valence-electron chi connectivity index (χ3n) is 8.25. The van der Waals surface area contributed by atoms with Gasteiger partial charge in [0.2, 0.25) is 11.8 Å². The number of carbonyl (C=O) groups excluding carboxylic acids is 10. The van der Waals surface area contributed by atoms with E-state index in [-0.39, 0.29) is 89.0 Å². The molecule has 2 unspecified atom stereocenters. The van der Waals surface area contributed by atoms with E-state index in [0.717, 1.165) is 0 Å². The molecular weight excluding hydrogens is 1090 g/mol. The second-order valence-corrected chi connectivity index (χ2v) is 23.1. The first-order valence-electron chi connectivity index (χ1n) is 24.2. The highest BCUT2D eigenvalue weighted by Crippen LogP contribution is 2.21.